The number of benzene rings is 1. The molecule has 1 rings (SSSR count). The Kier molecular flexibility index (Phi) is 3.95. The number of carbonyl (C=O) groups excluding carboxylic acids is 1. The lowest BCUT2D eigenvalue weighted by molar-refractivity contribution is -0.120. The van der Waals surface area contributed by atoms with Gasteiger partial charge in [-0.25, -0.2) is 0 Å². The van der Waals surface area contributed by atoms with E-state index in [0.29, 0.717) is 6.54 Å². The van der Waals surface area contributed by atoms with Crippen molar-refractivity contribution < 1.29 is 4.79 Å². The van der Waals surface area contributed by atoms with Crippen LogP contribution in [0.5, 0.6) is 0 Å². The van der Waals surface area contributed by atoms with Crippen LogP contribution in [0.2, 0.25) is 0 Å². The van der Waals surface area contributed by atoms with Gasteiger partial charge in [-0.1, -0.05) is 22.9 Å². The van der Waals surface area contributed by atoms with Crippen molar-refractivity contribution in [1.29, 1.82) is 0 Å². The molecule has 0 heterocycles. The second-order valence-electron chi connectivity index (χ2n) is 3.19. The van der Waals surface area contributed by atoms with Gasteiger partial charge in [0.1, 0.15) is 0 Å². The third-order valence-corrected chi connectivity index (χ3v) is 2.47. The van der Waals surface area contributed by atoms with E-state index in [1.54, 1.807) is 6.92 Å². The van der Waals surface area contributed by atoms with E-state index < -0.39 is 0 Å². The second-order valence-corrected chi connectivity index (χ2v) is 4.11. The van der Waals surface area contributed by atoms with E-state index >= 15 is 0 Å². The molecule has 1 amide bonds. The van der Waals surface area contributed by atoms with Gasteiger partial charge < -0.3 is 11.1 Å². The summed E-state index contributed by atoms with van der Waals surface area (Å²) in [5.41, 5.74) is 6.13. The summed E-state index contributed by atoms with van der Waals surface area (Å²) >= 11 is 3.35. The molecule has 0 spiro atoms. The zero-order valence-electron chi connectivity index (χ0n) is 7.96. The molecule has 0 aromatic heterocycles. The minimum absolute atomic E-state index is 0.154. The topological polar surface area (TPSA) is 55.1 Å². The fourth-order valence-corrected chi connectivity index (χ4v) is 1.20. The first-order valence-electron chi connectivity index (χ1n) is 4.38. The lowest BCUT2D eigenvalue weighted by Crippen LogP contribution is -2.26. The van der Waals surface area contributed by atoms with Crippen molar-refractivity contribution in [3.05, 3.63) is 28.7 Å². The molecule has 0 aliphatic rings. The van der Waals surface area contributed by atoms with Crippen molar-refractivity contribution in [1.82, 2.24) is 0 Å². The largest absolute Gasteiger partial charge is 0.384 e. The van der Waals surface area contributed by atoms with Gasteiger partial charge in [-0.2, -0.15) is 0 Å². The standard InChI is InChI=1S/C10H13BrN2O/c1-7(10(12)14)6-13-9-4-2-8(11)3-5-9/h2-5,7,13H,6H2,1H3,(H2,12,14). The molecule has 0 saturated heterocycles. The average molecular weight is 257 g/mol. The maximum Gasteiger partial charge on any atom is 0.222 e. The predicted octanol–water partition coefficient (Wildman–Crippen LogP) is 1.98. The quantitative estimate of drug-likeness (QED) is 0.866. The lowest BCUT2D eigenvalue weighted by Gasteiger charge is -2.09. The van der Waals surface area contributed by atoms with Crippen molar-refractivity contribution >= 4 is 27.5 Å². The number of nitrogens with one attached hydrogen (secondary N) is 1. The number of nitrogens with two attached hydrogens (primary N) is 1. The van der Waals surface area contributed by atoms with Crippen LogP contribution in [0, 0.1) is 5.92 Å². The van der Waals surface area contributed by atoms with Gasteiger partial charge in [0, 0.05) is 16.7 Å². The molecule has 0 bridgehead atoms. The van der Waals surface area contributed by atoms with E-state index in [1.807, 2.05) is 24.3 Å². The van der Waals surface area contributed by atoms with E-state index in [4.69, 9.17) is 5.73 Å². The summed E-state index contributed by atoms with van der Waals surface area (Å²) in [5.74, 6) is -0.437. The highest BCUT2D eigenvalue weighted by molar-refractivity contribution is 9.10. The molecule has 0 fully saturated rings. The third-order valence-electron chi connectivity index (χ3n) is 1.94. The number of rotatable bonds is 4. The van der Waals surface area contributed by atoms with Gasteiger partial charge in [-0.05, 0) is 24.3 Å². The number of halogens is 1. The van der Waals surface area contributed by atoms with Crippen molar-refractivity contribution in [2.75, 3.05) is 11.9 Å². The summed E-state index contributed by atoms with van der Waals surface area (Å²) < 4.78 is 1.03. The number of hydrogen-bond acceptors (Lipinski definition) is 2. The summed E-state index contributed by atoms with van der Waals surface area (Å²) in [5, 5.41) is 3.13. The van der Waals surface area contributed by atoms with E-state index in [2.05, 4.69) is 21.2 Å². The van der Waals surface area contributed by atoms with E-state index in [0.717, 1.165) is 10.2 Å². The third kappa shape index (κ3) is 3.38. The molecule has 0 saturated carbocycles. The number of carbonyl (C=O) groups is 1. The van der Waals surface area contributed by atoms with Crippen molar-refractivity contribution in [2.45, 2.75) is 6.92 Å². The molecule has 0 radical (unpaired) electrons. The smallest absolute Gasteiger partial charge is 0.222 e. The van der Waals surface area contributed by atoms with Crippen LogP contribution in [-0.2, 0) is 4.79 Å². The molecule has 3 N–H and O–H groups in total. The van der Waals surface area contributed by atoms with Crippen LogP contribution < -0.4 is 11.1 Å². The van der Waals surface area contributed by atoms with Crippen molar-refractivity contribution in [3.8, 4) is 0 Å². The number of amides is 1. The monoisotopic (exact) mass is 256 g/mol. The fraction of sp³-hybridized carbons (Fsp3) is 0.300. The second kappa shape index (κ2) is 5.00. The molecule has 14 heavy (non-hydrogen) atoms. The SMILES string of the molecule is CC(CNc1ccc(Br)cc1)C(N)=O. The zero-order valence-corrected chi connectivity index (χ0v) is 9.54. The predicted molar refractivity (Wildman–Crippen MR) is 61.0 cm³/mol. The Labute approximate surface area is 91.8 Å². The van der Waals surface area contributed by atoms with Crippen LogP contribution >= 0.6 is 15.9 Å². The Morgan fingerprint density at radius 3 is 2.57 bits per heavy atom. The first kappa shape index (κ1) is 11.0. The molecular weight excluding hydrogens is 244 g/mol. The van der Waals surface area contributed by atoms with Gasteiger partial charge >= 0.3 is 0 Å². The summed E-state index contributed by atoms with van der Waals surface area (Å²) in [4.78, 5) is 10.7. The van der Waals surface area contributed by atoms with Gasteiger partial charge in [0.2, 0.25) is 5.91 Å². The number of primary amides is 1. The lowest BCUT2D eigenvalue weighted by atomic mass is 10.1. The summed E-state index contributed by atoms with van der Waals surface area (Å²) in [6, 6.07) is 7.77. The highest BCUT2D eigenvalue weighted by Gasteiger charge is 2.07. The van der Waals surface area contributed by atoms with Crippen LogP contribution in [0.15, 0.2) is 28.7 Å². The maximum atomic E-state index is 10.7. The van der Waals surface area contributed by atoms with Gasteiger partial charge in [-0.3, -0.25) is 4.79 Å². The molecule has 4 heteroatoms. The molecule has 1 atom stereocenters. The normalized spacial score (nSPS) is 12.1. The molecule has 1 aromatic carbocycles. The van der Waals surface area contributed by atoms with E-state index in [9.17, 15) is 4.79 Å². The van der Waals surface area contributed by atoms with Gasteiger partial charge in [-0.15, -0.1) is 0 Å². The van der Waals surface area contributed by atoms with Crippen LogP contribution in [0.1, 0.15) is 6.92 Å². The Bertz CT molecular complexity index is 310. The summed E-state index contributed by atoms with van der Waals surface area (Å²) in [6.45, 7) is 2.37. The van der Waals surface area contributed by atoms with Gasteiger partial charge in [0.05, 0.1) is 5.92 Å². The first-order chi connectivity index (χ1) is 6.59. The summed E-state index contributed by atoms with van der Waals surface area (Å²) in [6.07, 6.45) is 0. The molecule has 1 unspecified atom stereocenters. The van der Waals surface area contributed by atoms with Crippen molar-refractivity contribution in [3.63, 3.8) is 0 Å². The molecule has 0 aliphatic carbocycles. The highest BCUT2D eigenvalue weighted by Crippen LogP contribution is 2.14. The fourth-order valence-electron chi connectivity index (χ4n) is 0.939. The Hall–Kier alpha value is -1.03. The van der Waals surface area contributed by atoms with Crippen molar-refractivity contribution in [2.24, 2.45) is 11.7 Å². The average Bonchev–Trinajstić information content (AvgIpc) is 2.16. The Balaban J connectivity index is 2.46. The molecule has 76 valence electrons. The summed E-state index contributed by atoms with van der Waals surface area (Å²) in [7, 11) is 0. The van der Waals surface area contributed by atoms with E-state index in [1.165, 1.54) is 0 Å². The van der Waals surface area contributed by atoms with Gasteiger partial charge in [0.15, 0.2) is 0 Å². The Morgan fingerprint density at radius 1 is 1.50 bits per heavy atom. The zero-order chi connectivity index (χ0) is 10.6. The number of anilines is 1. The van der Waals surface area contributed by atoms with Crippen LogP contribution in [0.25, 0.3) is 0 Å². The molecule has 0 aliphatic heterocycles. The van der Waals surface area contributed by atoms with Gasteiger partial charge in [0.25, 0.3) is 0 Å². The first-order valence-corrected chi connectivity index (χ1v) is 5.17. The number of hydrogen-bond donors (Lipinski definition) is 2. The van der Waals surface area contributed by atoms with Crippen LogP contribution in [-0.4, -0.2) is 12.5 Å². The molecule has 1 aromatic rings. The van der Waals surface area contributed by atoms with Crippen LogP contribution in [0.4, 0.5) is 5.69 Å². The molecular formula is C10H13BrN2O. The highest BCUT2D eigenvalue weighted by atomic mass is 79.9. The minimum atomic E-state index is -0.283. The molecule has 3 nitrogen and oxygen atoms in total. The maximum absolute atomic E-state index is 10.7. The van der Waals surface area contributed by atoms with E-state index in [-0.39, 0.29) is 11.8 Å². The van der Waals surface area contributed by atoms with Crippen LogP contribution in [0.3, 0.4) is 0 Å². The minimum Gasteiger partial charge on any atom is -0.384 e. The Morgan fingerprint density at radius 2 is 2.07 bits per heavy atom.